The Balaban J connectivity index is 1.75. The minimum absolute atomic E-state index is 0.353. The lowest BCUT2D eigenvalue weighted by Crippen LogP contribution is -2.37. The van der Waals surface area contributed by atoms with Crippen molar-refractivity contribution in [3.63, 3.8) is 0 Å². The predicted molar refractivity (Wildman–Crippen MR) is 100 cm³/mol. The topological polar surface area (TPSA) is 84.5 Å². The standard InChI is InChI=1S/C18H14Cl2N2O4/c19-14-8-6-12(10-15(14)20)7-9-17(24)26-11-16(23)22-18(25)21-13-4-2-1-3-5-13/h1-10H,11H2,(H2,21,22,23,25)/b9-7+. The number of nitrogens with one attached hydrogen (secondary N) is 2. The Morgan fingerprint density at radius 1 is 1.00 bits per heavy atom. The predicted octanol–water partition coefficient (Wildman–Crippen LogP) is 3.90. The molecule has 2 N–H and O–H groups in total. The second-order valence-corrected chi connectivity index (χ2v) is 5.80. The molecule has 0 aliphatic heterocycles. The zero-order valence-electron chi connectivity index (χ0n) is 13.4. The largest absolute Gasteiger partial charge is 0.452 e. The van der Waals surface area contributed by atoms with Gasteiger partial charge < -0.3 is 10.1 Å². The summed E-state index contributed by atoms with van der Waals surface area (Å²) in [7, 11) is 0. The van der Waals surface area contributed by atoms with Gasteiger partial charge in [-0.1, -0.05) is 47.5 Å². The number of ether oxygens (including phenoxy) is 1. The average molecular weight is 393 g/mol. The van der Waals surface area contributed by atoms with Gasteiger partial charge in [0, 0.05) is 11.8 Å². The zero-order chi connectivity index (χ0) is 18.9. The molecule has 0 saturated heterocycles. The lowest BCUT2D eigenvalue weighted by atomic mass is 10.2. The van der Waals surface area contributed by atoms with Gasteiger partial charge in [-0.15, -0.1) is 0 Å². The molecule has 2 rings (SSSR count). The van der Waals surface area contributed by atoms with Crippen molar-refractivity contribution in [1.29, 1.82) is 0 Å². The van der Waals surface area contributed by atoms with Crippen molar-refractivity contribution in [2.24, 2.45) is 0 Å². The Bertz CT molecular complexity index is 838. The van der Waals surface area contributed by atoms with Crippen LogP contribution in [0.5, 0.6) is 0 Å². The SMILES string of the molecule is O=C(COC(=O)/C=C/c1ccc(Cl)c(Cl)c1)NC(=O)Nc1ccccc1. The van der Waals surface area contributed by atoms with Crippen LogP contribution in [0.25, 0.3) is 6.08 Å². The van der Waals surface area contributed by atoms with E-state index < -0.39 is 24.5 Å². The smallest absolute Gasteiger partial charge is 0.331 e. The van der Waals surface area contributed by atoms with Crippen LogP contribution in [0, 0.1) is 0 Å². The Hall–Kier alpha value is -2.83. The molecule has 0 fully saturated rings. The number of anilines is 1. The van der Waals surface area contributed by atoms with E-state index in [9.17, 15) is 14.4 Å². The number of carbonyl (C=O) groups excluding carboxylic acids is 3. The lowest BCUT2D eigenvalue weighted by molar-refractivity contribution is -0.143. The van der Waals surface area contributed by atoms with Gasteiger partial charge in [-0.05, 0) is 35.9 Å². The number of esters is 1. The highest BCUT2D eigenvalue weighted by Gasteiger charge is 2.09. The maximum atomic E-state index is 11.6. The molecule has 0 bridgehead atoms. The number of benzene rings is 2. The van der Waals surface area contributed by atoms with Gasteiger partial charge in [-0.3, -0.25) is 10.1 Å². The molecule has 2 aromatic carbocycles. The monoisotopic (exact) mass is 392 g/mol. The highest BCUT2D eigenvalue weighted by molar-refractivity contribution is 6.42. The molecule has 0 aliphatic carbocycles. The van der Waals surface area contributed by atoms with Crippen LogP contribution in [0.2, 0.25) is 10.0 Å². The summed E-state index contributed by atoms with van der Waals surface area (Å²) < 4.78 is 4.75. The summed E-state index contributed by atoms with van der Waals surface area (Å²) in [6, 6.07) is 12.7. The third-order valence-corrected chi connectivity index (χ3v) is 3.72. The fraction of sp³-hybridized carbons (Fsp3) is 0.0556. The van der Waals surface area contributed by atoms with Gasteiger partial charge in [0.25, 0.3) is 5.91 Å². The van der Waals surface area contributed by atoms with Crippen LogP contribution in [0.1, 0.15) is 5.56 Å². The molecule has 0 aromatic heterocycles. The van der Waals surface area contributed by atoms with Gasteiger partial charge in [-0.25, -0.2) is 9.59 Å². The van der Waals surface area contributed by atoms with E-state index in [1.54, 1.807) is 48.5 Å². The number of hydrogen-bond donors (Lipinski definition) is 2. The third kappa shape index (κ3) is 6.58. The Labute approximate surface area is 159 Å². The van der Waals surface area contributed by atoms with Gasteiger partial charge in [0.05, 0.1) is 10.0 Å². The second-order valence-electron chi connectivity index (χ2n) is 4.98. The highest BCUT2D eigenvalue weighted by Crippen LogP contribution is 2.23. The van der Waals surface area contributed by atoms with Gasteiger partial charge in [-0.2, -0.15) is 0 Å². The van der Waals surface area contributed by atoms with E-state index in [4.69, 9.17) is 27.9 Å². The Morgan fingerprint density at radius 3 is 2.42 bits per heavy atom. The van der Waals surface area contributed by atoms with E-state index >= 15 is 0 Å². The molecule has 0 saturated carbocycles. The van der Waals surface area contributed by atoms with E-state index in [0.29, 0.717) is 21.3 Å². The van der Waals surface area contributed by atoms with Crippen molar-refractivity contribution in [1.82, 2.24) is 5.32 Å². The lowest BCUT2D eigenvalue weighted by Gasteiger charge is -2.06. The molecular formula is C18H14Cl2N2O4. The number of hydrogen-bond acceptors (Lipinski definition) is 4. The molecule has 0 spiro atoms. The summed E-state index contributed by atoms with van der Waals surface area (Å²) in [5, 5.41) is 5.27. The molecule has 2 aromatic rings. The number of para-hydroxylation sites is 1. The summed E-state index contributed by atoms with van der Waals surface area (Å²) in [6.45, 7) is -0.591. The first-order valence-corrected chi connectivity index (χ1v) is 8.15. The van der Waals surface area contributed by atoms with E-state index in [1.807, 2.05) is 5.32 Å². The molecule has 0 atom stereocenters. The molecule has 8 heteroatoms. The minimum Gasteiger partial charge on any atom is -0.452 e. The normalized spacial score (nSPS) is 10.4. The molecule has 3 amide bonds. The van der Waals surface area contributed by atoms with Crippen LogP contribution in [0.4, 0.5) is 10.5 Å². The number of imide groups is 1. The van der Waals surface area contributed by atoms with Gasteiger partial charge in [0.2, 0.25) is 0 Å². The van der Waals surface area contributed by atoms with Crippen molar-refractivity contribution in [3.05, 3.63) is 70.2 Å². The number of urea groups is 1. The van der Waals surface area contributed by atoms with Crippen molar-refractivity contribution in [2.75, 3.05) is 11.9 Å². The second kappa shape index (κ2) is 9.60. The first-order valence-electron chi connectivity index (χ1n) is 7.40. The number of amides is 3. The molecule has 0 aliphatic rings. The Morgan fingerprint density at radius 2 is 1.73 bits per heavy atom. The number of halogens is 2. The fourth-order valence-electron chi connectivity index (χ4n) is 1.81. The maximum Gasteiger partial charge on any atom is 0.331 e. The van der Waals surface area contributed by atoms with Gasteiger partial charge >= 0.3 is 12.0 Å². The van der Waals surface area contributed by atoms with Crippen LogP contribution in [0.3, 0.4) is 0 Å². The van der Waals surface area contributed by atoms with Crippen molar-refractivity contribution < 1.29 is 19.1 Å². The highest BCUT2D eigenvalue weighted by atomic mass is 35.5. The van der Waals surface area contributed by atoms with E-state index in [-0.39, 0.29) is 0 Å². The molecule has 134 valence electrons. The minimum atomic E-state index is -0.755. The van der Waals surface area contributed by atoms with Crippen LogP contribution in [0.15, 0.2) is 54.6 Å². The van der Waals surface area contributed by atoms with E-state index in [0.717, 1.165) is 6.08 Å². The molecule has 0 heterocycles. The van der Waals surface area contributed by atoms with Gasteiger partial charge in [0.15, 0.2) is 6.61 Å². The fourth-order valence-corrected chi connectivity index (χ4v) is 2.12. The van der Waals surface area contributed by atoms with E-state index in [1.165, 1.54) is 6.08 Å². The van der Waals surface area contributed by atoms with Crippen molar-refractivity contribution in [2.45, 2.75) is 0 Å². The average Bonchev–Trinajstić information content (AvgIpc) is 2.61. The Kier molecular flexibility index (Phi) is 7.20. The number of rotatable bonds is 5. The molecule has 0 unspecified atom stereocenters. The summed E-state index contributed by atoms with van der Waals surface area (Å²) in [5.74, 6) is -1.50. The summed E-state index contributed by atoms with van der Waals surface area (Å²) in [4.78, 5) is 34.8. The van der Waals surface area contributed by atoms with Gasteiger partial charge in [0.1, 0.15) is 0 Å². The quantitative estimate of drug-likeness (QED) is 0.596. The molecule has 26 heavy (non-hydrogen) atoms. The maximum absolute atomic E-state index is 11.6. The third-order valence-electron chi connectivity index (χ3n) is 2.99. The first kappa shape index (κ1) is 19.5. The molecule has 0 radical (unpaired) electrons. The summed E-state index contributed by atoms with van der Waals surface area (Å²) >= 11 is 11.7. The van der Waals surface area contributed by atoms with Crippen molar-refractivity contribution in [3.8, 4) is 0 Å². The first-order chi connectivity index (χ1) is 12.4. The molecule has 6 nitrogen and oxygen atoms in total. The van der Waals surface area contributed by atoms with Crippen LogP contribution in [-0.4, -0.2) is 24.5 Å². The van der Waals surface area contributed by atoms with Crippen LogP contribution in [-0.2, 0) is 14.3 Å². The number of carbonyl (C=O) groups is 3. The van der Waals surface area contributed by atoms with Crippen molar-refractivity contribution >= 4 is 52.9 Å². The van der Waals surface area contributed by atoms with Crippen LogP contribution >= 0.6 is 23.2 Å². The summed E-state index contributed by atoms with van der Waals surface area (Å²) in [5.41, 5.74) is 1.17. The summed E-state index contributed by atoms with van der Waals surface area (Å²) in [6.07, 6.45) is 2.60. The van der Waals surface area contributed by atoms with E-state index in [2.05, 4.69) is 5.32 Å². The van der Waals surface area contributed by atoms with Crippen LogP contribution < -0.4 is 10.6 Å². The molecular weight excluding hydrogens is 379 g/mol. The zero-order valence-corrected chi connectivity index (χ0v) is 14.9.